The number of nitrogens with zero attached hydrogens (tertiary/aromatic N) is 2. The molecule has 2 aliphatic heterocycles. The number of benzene rings is 1. The van der Waals surface area contributed by atoms with Crippen LogP contribution in [0.15, 0.2) is 24.3 Å². The van der Waals surface area contributed by atoms with Crippen molar-refractivity contribution in [2.24, 2.45) is 0 Å². The number of rotatable bonds is 2. The predicted molar refractivity (Wildman–Crippen MR) is 94.5 cm³/mol. The number of amides is 2. The van der Waals surface area contributed by atoms with Crippen molar-refractivity contribution >= 4 is 17.4 Å². The number of anilines is 2. The lowest BCUT2D eigenvalue weighted by atomic mass is 10.1. The summed E-state index contributed by atoms with van der Waals surface area (Å²) in [4.78, 5) is 16.2. The Morgan fingerprint density at radius 1 is 1.17 bits per heavy atom. The lowest BCUT2D eigenvalue weighted by Gasteiger charge is -2.37. The van der Waals surface area contributed by atoms with Gasteiger partial charge in [-0.1, -0.05) is 0 Å². The predicted octanol–water partition coefficient (Wildman–Crippen LogP) is 2.29. The molecule has 0 radical (unpaired) electrons. The first kappa shape index (κ1) is 17.0. The Hall–Kier alpha value is -1.79. The summed E-state index contributed by atoms with van der Waals surface area (Å²) >= 11 is 0. The van der Waals surface area contributed by atoms with E-state index in [0.29, 0.717) is 13.1 Å². The van der Waals surface area contributed by atoms with E-state index in [1.165, 1.54) is 0 Å². The third-order valence-electron chi connectivity index (χ3n) is 4.59. The number of carbonyl (C=O) groups excluding carboxylic acids is 1. The molecule has 2 aliphatic rings. The molecule has 6 nitrogen and oxygen atoms in total. The first-order valence-electron chi connectivity index (χ1n) is 8.75. The molecule has 0 aliphatic carbocycles. The second-order valence-corrected chi connectivity index (χ2v) is 6.88. The Morgan fingerprint density at radius 2 is 1.83 bits per heavy atom. The topological polar surface area (TPSA) is 65.0 Å². The maximum Gasteiger partial charge on any atom is 0.321 e. The summed E-state index contributed by atoms with van der Waals surface area (Å²) < 4.78 is 5.77. The maximum atomic E-state index is 12.3. The number of aliphatic hydroxyl groups excluding tert-OH is 1. The molecule has 2 heterocycles. The summed E-state index contributed by atoms with van der Waals surface area (Å²) in [7, 11) is 0. The summed E-state index contributed by atoms with van der Waals surface area (Å²) in [6.07, 6.45) is 1.66. The smallest absolute Gasteiger partial charge is 0.321 e. The van der Waals surface area contributed by atoms with Crippen molar-refractivity contribution < 1.29 is 14.6 Å². The van der Waals surface area contributed by atoms with E-state index in [0.717, 1.165) is 37.3 Å². The van der Waals surface area contributed by atoms with Crippen LogP contribution in [0.5, 0.6) is 0 Å². The van der Waals surface area contributed by atoms with Crippen molar-refractivity contribution in [3.05, 3.63) is 24.3 Å². The van der Waals surface area contributed by atoms with Gasteiger partial charge >= 0.3 is 6.03 Å². The Morgan fingerprint density at radius 3 is 2.46 bits per heavy atom. The molecular weight excluding hydrogens is 306 g/mol. The van der Waals surface area contributed by atoms with Crippen molar-refractivity contribution in [2.75, 3.05) is 36.4 Å². The highest BCUT2D eigenvalue weighted by Crippen LogP contribution is 2.22. The Bertz CT molecular complexity index is 553. The van der Waals surface area contributed by atoms with Crippen LogP contribution in [0.25, 0.3) is 0 Å². The molecule has 3 atom stereocenters. The molecule has 3 rings (SSSR count). The summed E-state index contributed by atoms with van der Waals surface area (Å²) in [5, 5.41) is 12.6. The molecule has 0 saturated carbocycles. The van der Waals surface area contributed by atoms with E-state index in [1.807, 2.05) is 24.3 Å². The lowest BCUT2D eigenvalue weighted by Crippen LogP contribution is -2.45. The quantitative estimate of drug-likeness (QED) is 0.871. The highest BCUT2D eigenvalue weighted by molar-refractivity contribution is 5.89. The molecule has 1 aromatic rings. The number of piperidine rings is 1. The molecule has 0 aromatic heterocycles. The maximum absolute atomic E-state index is 12.3. The highest BCUT2D eigenvalue weighted by Gasteiger charge is 2.23. The first-order chi connectivity index (χ1) is 11.5. The van der Waals surface area contributed by atoms with Crippen LogP contribution in [0.3, 0.4) is 0 Å². The monoisotopic (exact) mass is 333 g/mol. The number of β-amino-alcohol motifs (C(OH)–C–C–N with tert-alkyl or cyclic N) is 1. The van der Waals surface area contributed by atoms with Crippen LogP contribution in [-0.4, -0.2) is 60.5 Å². The lowest BCUT2D eigenvalue weighted by molar-refractivity contribution is -0.00521. The third-order valence-corrected chi connectivity index (χ3v) is 4.59. The van der Waals surface area contributed by atoms with E-state index in [-0.39, 0.29) is 18.2 Å². The zero-order chi connectivity index (χ0) is 17.1. The standard InChI is InChI=1S/C18H27N3O3/c1-13-10-21(11-14(2)24-13)16-7-5-15(6-8-16)19-18(23)20-9-3-4-17(22)12-20/h5-8,13-14,17,22H,3-4,9-12H2,1-2H3,(H,19,23)/t13-,14+,17-/m0/s1. The first-order valence-corrected chi connectivity index (χ1v) is 8.75. The molecule has 0 bridgehead atoms. The van der Waals surface area contributed by atoms with Gasteiger partial charge in [-0.15, -0.1) is 0 Å². The van der Waals surface area contributed by atoms with Crippen LogP contribution >= 0.6 is 0 Å². The zero-order valence-corrected chi connectivity index (χ0v) is 14.4. The summed E-state index contributed by atoms with van der Waals surface area (Å²) in [5.41, 5.74) is 1.92. The number of likely N-dealkylation sites (tertiary alicyclic amines) is 1. The number of hydrogen-bond donors (Lipinski definition) is 2. The Balaban J connectivity index is 1.59. The van der Waals surface area contributed by atoms with Crippen molar-refractivity contribution in [3.8, 4) is 0 Å². The van der Waals surface area contributed by atoms with Gasteiger partial charge in [0.15, 0.2) is 0 Å². The number of ether oxygens (including phenoxy) is 1. The van der Waals surface area contributed by atoms with Gasteiger partial charge in [-0.3, -0.25) is 0 Å². The van der Waals surface area contributed by atoms with E-state index in [9.17, 15) is 9.90 Å². The Labute approximate surface area is 143 Å². The second-order valence-electron chi connectivity index (χ2n) is 6.88. The van der Waals surface area contributed by atoms with Gasteiger partial charge in [-0.2, -0.15) is 0 Å². The highest BCUT2D eigenvalue weighted by atomic mass is 16.5. The van der Waals surface area contributed by atoms with Crippen molar-refractivity contribution in [1.82, 2.24) is 4.90 Å². The molecule has 2 fully saturated rings. The van der Waals surface area contributed by atoms with E-state index < -0.39 is 6.10 Å². The van der Waals surface area contributed by atoms with Crippen LogP contribution in [0.1, 0.15) is 26.7 Å². The van der Waals surface area contributed by atoms with Gasteiger partial charge in [0.1, 0.15) is 0 Å². The number of morpholine rings is 1. The molecule has 24 heavy (non-hydrogen) atoms. The molecular formula is C18H27N3O3. The fourth-order valence-corrected chi connectivity index (χ4v) is 3.49. The summed E-state index contributed by atoms with van der Waals surface area (Å²) in [5.74, 6) is 0. The SMILES string of the molecule is C[C@@H]1CN(c2ccc(NC(=O)N3CCC[C@H](O)C3)cc2)C[C@H](C)O1. The van der Waals surface area contributed by atoms with Crippen LogP contribution in [0, 0.1) is 0 Å². The van der Waals surface area contributed by atoms with Crippen molar-refractivity contribution in [1.29, 1.82) is 0 Å². The van der Waals surface area contributed by atoms with Gasteiger partial charge in [0.25, 0.3) is 0 Å². The number of hydrogen-bond acceptors (Lipinski definition) is 4. The molecule has 132 valence electrons. The van der Waals surface area contributed by atoms with Gasteiger partial charge < -0.3 is 25.0 Å². The van der Waals surface area contributed by atoms with Gasteiger partial charge in [-0.25, -0.2) is 4.79 Å². The molecule has 1 aromatic carbocycles. The molecule has 6 heteroatoms. The average Bonchev–Trinajstić information content (AvgIpc) is 2.54. The molecule has 2 amide bonds. The number of nitrogens with one attached hydrogen (secondary N) is 1. The summed E-state index contributed by atoms with van der Waals surface area (Å²) in [6, 6.07) is 7.78. The van der Waals surface area contributed by atoms with Gasteiger partial charge in [0.05, 0.1) is 18.3 Å². The van der Waals surface area contributed by atoms with Gasteiger partial charge in [-0.05, 0) is 51.0 Å². The van der Waals surface area contributed by atoms with Crippen LogP contribution < -0.4 is 10.2 Å². The normalized spacial score (nSPS) is 27.9. The molecule has 0 unspecified atom stereocenters. The minimum atomic E-state index is -0.405. The fourth-order valence-electron chi connectivity index (χ4n) is 3.49. The van der Waals surface area contributed by atoms with Crippen LogP contribution in [0.2, 0.25) is 0 Å². The minimum Gasteiger partial charge on any atom is -0.391 e. The van der Waals surface area contributed by atoms with Crippen LogP contribution in [-0.2, 0) is 4.74 Å². The van der Waals surface area contributed by atoms with Crippen molar-refractivity contribution in [2.45, 2.75) is 45.0 Å². The largest absolute Gasteiger partial charge is 0.391 e. The van der Waals surface area contributed by atoms with E-state index in [1.54, 1.807) is 4.90 Å². The van der Waals surface area contributed by atoms with Gasteiger partial charge in [0.2, 0.25) is 0 Å². The summed E-state index contributed by atoms with van der Waals surface area (Å²) in [6.45, 7) is 7.04. The fraction of sp³-hybridized carbons (Fsp3) is 0.611. The molecule has 2 N–H and O–H groups in total. The van der Waals surface area contributed by atoms with Gasteiger partial charge in [0, 0.05) is 37.6 Å². The number of carbonyl (C=O) groups is 1. The number of aliphatic hydroxyl groups is 1. The average molecular weight is 333 g/mol. The zero-order valence-electron chi connectivity index (χ0n) is 14.4. The van der Waals surface area contributed by atoms with Crippen LogP contribution in [0.4, 0.5) is 16.2 Å². The minimum absolute atomic E-state index is 0.143. The van der Waals surface area contributed by atoms with E-state index in [4.69, 9.17) is 4.74 Å². The molecule has 2 saturated heterocycles. The van der Waals surface area contributed by atoms with Crippen molar-refractivity contribution in [3.63, 3.8) is 0 Å². The second kappa shape index (κ2) is 7.40. The third kappa shape index (κ3) is 4.19. The Kier molecular flexibility index (Phi) is 5.26. The molecule has 0 spiro atoms. The van der Waals surface area contributed by atoms with E-state index >= 15 is 0 Å². The number of urea groups is 1. The van der Waals surface area contributed by atoms with E-state index in [2.05, 4.69) is 24.1 Å².